The second-order valence-corrected chi connectivity index (χ2v) is 9.18. The number of para-hydroxylation sites is 2. The van der Waals surface area contributed by atoms with Gasteiger partial charge in [0.25, 0.3) is 0 Å². The van der Waals surface area contributed by atoms with E-state index >= 15 is 0 Å². The van der Waals surface area contributed by atoms with Gasteiger partial charge in [0.05, 0.1) is 17.4 Å². The molecule has 3 aromatic rings. The van der Waals surface area contributed by atoms with Crippen LogP contribution in [0.25, 0.3) is 11.0 Å². The molecule has 2 aromatic carbocycles. The summed E-state index contributed by atoms with van der Waals surface area (Å²) in [5.74, 6) is 0. The Morgan fingerprint density at radius 3 is 2.32 bits per heavy atom. The third kappa shape index (κ3) is 4.00. The summed E-state index contributed by atoms with van der Waals surface area (Å²) < 4.78 is 14.7. The number of rotatable bonds is 9. The van der Waals surface area contributed by atoms with Crippen LogP contribution in [0.4, 0.5) is 0 Å². The highest BCUT2D eigenvalue weighted by Gasteiger charge is 2.38. The molecule has 0 fully saturated rings. The van der Waals surface area contributed by atoms with Crippen LogP contribution in [-0.2, 0) is 15.4 Å². The second-order valence-electron chi connectivity index (χ2n) is 6.02. The molecule has 0 saturated heterocycles. The fourth-order valence-corrected chi connectivity index (χ4v) is 6.58. The van der Waals surface area contributed by atoms with Gasteiger partial charge in [0, 0.05) is 19.8 Å². The first-order valence-electron chi connectivity index (χ1n) is 9.02. The van der Waals surface area contributed by atoms with Crippen LogP contribution in [0.2, 0.25) is 6.04 Å². The SMILES string of the molecule is CCO[Si](CCCn1cnc2ccccc21)(OCC)c1ccccc1. The Bertz CT molecular complexity index is 783. The van der Waals surface area contributed by atoms with Gasteiger partial charge in [0.2, 0.25) is 0 Å². The average molecular weight is 355 g/mol. The van der Waals surface area contributed by atoms with Crippen LogP contribution in [0, 0.1) is 0 Å². The predicted molar refractivity (Wildman–Crippen MR) is 104 cm³/mol. The molecule has 0 aliphatic heterocycles. The number of aromatic nitrogens is 2. The average Bonchev–Trinajstić information content (AvgIpc) is 3.06. The molecule has 25 heavy (non-hydrogen) atoms. The van der Waals surface area contributed by atoms with Crippen LogP contribution < -0.4 is 5.19 Å². The maximum Gasteiger partial charge on any atom is 0.372 e. The van der Waals surface area contributed by atoms with Crippen molar-refractivity contribution in [1.29, 1.82) is 0 Å². The monoisotopic (exact) mass is 354 g/mol. The first-order chi connectivity index (χ1) is 12.3. The van der Waals surface area contributed by atoms with Gasteiger partial charge in [-0.1, -0.05) is 42.5 Å². The summed E-state index contributed by atoms with van der Waals surface area (Å²) in [4.78, 5) is 4.48. The molecule has 0 atom stereocenters. The zero-order valence-corrected chi connectivity index (χ0v) is 16.0. The zero-order valence-electron chi connectivity index (χ0n) is 15.0. The largest absolute Gasteiger partial charge is 0.391 e. The van der Waals surface area contributed by atoms with Gasteiger partial charge in [-0.3, -0.25) is 0 Å². The Balaban J connectivity index is 1.76. The molecule has 0 aliphatic rings. The zero-order chi connectivity index (χ0) is 17.5. The molecule has 0 N–H and O–H groups in total. The first kappa shape index (κ1) is 17.9. The van der Waals surface area contributed by atoms with E-state index in [1.54, 1.807) is 0 Å². The van der Waals surface area contributed by atoms with Crippen LogP contribution in [-0.4, -0.2) is 31.3 Å². The quantitative estimate of drug-likeness (QED) is 0.548. The Hall–Kier alpha value is -1.95. The number of hydrogen-bond donors (Lipinski definition) is 0. The molecule has 0 unspecified atom stereocenters. The van der Waals surface area contributed by atoms with Gasteiger partial charge in [0.1, 0.15) is 0 Å². The van der Waals surface area contributed by atoms with Crippen LogP contribution in [0.15, 0.2) is 60.9 Å². The molecule has 1 heterocycles. The minimum Gasteiger partial charge on any atom is -0.391 e. The van der Waals surface area contributed by atoms with Gasteiger partial charge in [-0.25, -0.2) is 4.98 Å². The van der Waals surface area contributed by atoms with Crippen LogP contribution in [0.5, 0.6) is 0 Å². The summed E-state index contributed by atoms with van der Waals surface area (Å²) in [6.45, 7) is 6.37. The van der Waals surface area contributed by atoms with Gasteiger partial charge < -0.3 is 13.4 Å². The van der Waals surface area contributed by atoms with Crippen molar-refractivity contribution in [3.63, 3.8) is 0 Å². The van der Waals surface area contributed by atoms with Crippen molar-refractivity contribution < 1.29 is 8.85 Å². The van der Waals surface area contributed by atoms with E-state index in [0.29, 0.717) is 13.2 Å². The van der Waals surface area contributed by atoms with E-state index in [1.165, 1.54) is 10.7 Å². The lowest BCUT2D eigenvalue weighted by Gasteiger charge is -2.30. The molecule has 0 amide bonds. The van der Waals surface area contributed by atoms with Crippen LogP contribution in [0.1, 0.15) is 20.3 Å². The minimum atomic E-state index is -2.41. The van der Waals surface area contributed by atoms with Gasteiger partial charge in [-0.2, -0.15) is 0 Å². The first-order valence-corrected chi connectivity index (χ1v) is 11.0. The molecule has 5 heteroatoms. The maximum absolute atomic E-state index is 6.25. The standard InChI is InChI=1S/C20H26N2O2Si/c1-3-23-25(24-4-2,18-11-6-5-7-12-18)16-10-15-22-17-21-19-13-8-9-14-20(19)22/h5-9,11-14,17H,3-4,10,15-16H2,1-2H3. The van der Waals surface area contributed by atoms with Gasteiger partial charge in [-0.15, -0.1) is 0 Å². The van der Waals surface area contributed by atoms with Gasteiger partial charge >= 0.3 is 8.56 Å². The lowest BCUT2D eigenvalue weighted by molar-refractivity contribution is 0.194. The lowest BCUT2D eigenvalue weighted by Crippen LogP contribution is -2.54. The Morgan fingerprint density at radius 1 is 0.920 bits per heavy atom. The smallest absolute Gasteiger partial charge is 0.372 e. The highest BCUT2D eigenvalue weighted by Crippen LogP contribution is 2.19. The highest BCUT2D eigenvalue weighted by molar-refractivity contribution is 6.81. The molecule has 132 valence electrons. The fraction of sp³-hybridized carbons (Fsp3) is 0.350. The highest BCUT2D eigenvalue weighted by atomic mass is 28.4. The Kier molecular flexibility index (Phi) is 6.02. The van der Waals surface area contributed by atoms with E-state index in [4.69, 9.17) is 8.85 Å². The predicted octanol–water partition coefficient (Wildman–Crippen LogP) is 3.85. The Morgan fingerprint density at radius 2 is 1.60 bits per heavy atom. The van der Waals surface area contributed by atoms with Crippen molar-refractivity contribution in [3.05, 3.63) is 60.9 Å². The van der Waals surface area contributed by atoms with E-state index in [1.807, 2.05) is 32.3 Å². The number of nitrogens with zero attached hydrogens (tertiary/aromatic N) is 2. The van der Waals surface area contributed by atoms with Gasteiger partial charge in [0.15, 0.2) is 0 Å². The number of hydrogen-bond acceptors (Lipinski definition) is 3. The summed E-state index contributed by atoms with van der Waals surface area (Å²) >= 11 is 0. The molecular weight excluding hydrogens is 328 g/mol. The summed E-state index contributed by atoms with van der Waals surface area (Å²) in [5.41, 5.74) is 2.23. The van der Waals surface area contributed by atoms with Gasteiger partial charge in [-0.05, 0) is 43.6 Å². The number of fused-ring (bicyclic) bond motifs is 1. The molecule has 0 bridgehead atoms. The fourth-order valence-electron chi connectivity index (χ4n) is 3.33. The van der Waals surface area contributed by atoms with E-state index in [2.05, 4.69) is 52.0 Å². The van der Waals surface area contributed by atoms with Crippen LogP contribution in [0.3, 0.4) is 0 Å². The van der Waals surface area contributed by atoms with Crippen molar-refractivity contribution >= 4 is 24.8 Å². The molecule has 0 spiro atoms. The van der Waals surface area contributed by atoms with Crippen molar-refractivity contribution in [3.8, 4) is 0 Å². The lowest BCUT2D eigenvalue weighted by atomic mass is 10.3. The maximum atomic E-state index is 6.25. The molecule has 1 aromatic heterocycles. The normalized spacial score (nSPS) is 11.9. The number of aryl methyl sites for hydroxylation is 1. The van der Waals surface area contributed by atoms with Crippen LogP contribution >= 0.6 is 0 Å². The van der Waals surface area contributed by atoms with E-state index in [0.717, 1.165) is 24.5 Å². The summed E-state index contributed by atoms with van der Waals surface area (Å²) in [7, 11) is -2.41. The molecule has 3 rings (SSSR count). The van der Waals surface area contributed by atoms with Crippen molar-refractivity contribution in [2.75, 3.05) is 13.2 Å². The molecule has 0 saturated carbocycles. The van der Waals surface area contributed by atoms with E-state index in [-0.39, 0.29) is 0 Å². The van der Waals surface area contributed by atoms with Crippen molar-refractivity contribution in [2.45, 2.75) is 32.9 Å². The molecule has 0 aliphatic carbocycles. The molecule has 4 nitrogen and oxygen atoms in total. The Labute approximate surface area is 150 Å². The topological polar surface area (TPSA) is 36.3 Å². The van der Waals surface area contributed by atoms with Crippen molar-refractivity contribution in [1.82, 2.24) is 9.55 Å². The number of benzene rings is 2. The minimum absolute atomic E-state index is 0.676. The number of imidazole rings is 1. The molecular formula is C20H26N2O2Si. The third-order valence-corrected chi connectivity index (χ3v) is 8.14. The van der Waals surface area contributed by atoms with E-state index in [9.17, 15) is 0 Å². The summed E-state index contributed by atoms with van der Waals surface area (Å²) in [6, 6.07) is 19.7. The summed E-state index contributed by atoms with van der Waals surface area (Å²) in [6.07, 6.45) is 2.93. The van der Waals surface area contributed by atoms with Crippen molar-refractivity contribution in [2.24, 2.45) is 0 Å². The summed E-state index contributed by atoms with van der Waals surface area (Å²) in [5, 5.41) is 1.22. The second kappa shape index (κ2) is 8.42. The molecule has 0 radical (unpaired) electrons. The third-order valence-electron chi connectivity index (χ3n) is 4.40. The van der Waals surface area contributed by atoms with E-state index < -0.39 is 8.56 Å².